The van der Waals surface area contributed by atoms with Crippen molar-refractivity contribution in [2.24, 2.45) is 0 Å². The van der Waals surface area contributed by atoms with Crippen molar-refractivity contribution in [1.29, 1.82) is 5.26 Å². The Morgan fingerprint density at radius 1 is 1.14 bits per heavy atom. The number of carbonyl (C=O) groups excluding carboxylic acids is 1. The molecule has 0 aliphatic rings. The standard InChI is InChI=1S/C17H14N2O2/c1-21-16-9-4-13(5-10-16)6-11-17(20)19-15-7-2-14(12-18)3-8-15/h2-11H,1H3,(H,19,20). The highest BCUT2D eigenvalue weighted by molar-refractivity contribution is 6.01. The summed E-state index contributed by atoms with van der Waals surface area (Å²) in [5.41, 5.74) is 2.12. The first kappa shape index (κ1) is 14.4. The lowest BCUT2D eigenvalue weighted by atomic mass is 10.2. The first-order valence-electron chi connectivity index (χ1n) is 6.34. The Morgan fingerprint density at radius 3 is 2.38 bits per heavy atom. The highest BCUT2D eigenvalue weighted by Crippen LogP contribution is 2.13. The number of anilines is 1. The van der Waals surface area contributed by atoms with Gasteiger partial charge in [-0.1, -0.05) is 12.1 Å². The first-order valence-corrected chi connectivity index (χ1v) is 6.34. The third-order valence-corrected chi connectivity index (χ3v) is 2.82. The van der Waals surface area contributed by atoms with Crippen LogP contribution in [0, 0.1) is 11.3 Å². The van der Waals surface area contributed by atoms with Gasteiger partial charge in [-0.2, -0.15) is 5.26 Å². The lowest BCUT2D eigenvalue weighted by molar-refractivity contribution is -0.111. The third-order valence-electron chi connectivity index (χ3n) is 2.82. The summed E-state index contributed by atoms with van der Waals surface area (Å²) < 4.78 is 5.07. The summed E-state index contributed by atoms with van der Waals surface area (Å²) in [5, 5.41) is 11.4. The molecule has 1 amide bonds. The van der Waals surface area contributed by atoms with Crippen molar-refractivity contribution in [2.45, 2.75) is 0 Å². The molecule has 0 aliphatic heterocycles. The van der Waals surface area contributed by atoms with Gasteiger partial charge in [0.05, 0.1) is 18.7 Å². The summed E-state index contributed by atoms with van der Waals surface area (Å²) in [7, 11) is 1.61. The molecule has 0 saturated heterocycles. The number of nitrogens with zero attached hydrogens (tertiary/aromatic N) is 1. The molecule has 0 saturated carbocycles. The SMILES string of the molecule is COc1ccc(C=CC(=O)Nc2ccc(C#N)cc2)cc1. The summed E-state index contributed by atoms with van der Waals surface area (Å²) in [6, 6.07) is 16.1. The molecule has 0 unspecified atom stereocenters. The predicted octanol–water partition coefficient (Wildman–Crippen LogP) is 3.22. The van der Waals surface area contributed by atoms with Crippen molar-refractivity contribution in [3.8, 4) is 11.8 Å². The van der Waals surface area contributed by atoms with Gasteiger partial charge in [-0.25, -0.2) is 0 Å². The molecule has 0 aromatic heterocycles. The molecule has 1 N–H and O–H groups in total. The maximum atomic E-state index is 11.8. The number of ether oxygens (including phenoxy) is 1. The Bertz CT molecular complexity index is 680. The maximum Gasteiger partial charge on any atom is 0.248 e. The lowest BCUT2D eigenvalue weighted by Crippen LogP contribution is -2.07. The fourth-order valence-corrected chi connectivity index (χ4v) is 1.70. The summed E-state index contributed by atoms with van der Waals surface area (Å²) in [6.07, 6.45) is 3.18. The van der Waals surface area contributed by atoms with E-state index in [4.69, 9.17) is 10.00 Å². The van der Waals surface area contributed by atoms with Crippen LogP contribution in [0.15, 0.2) is 54.6 Å². The van der Waals surface area contributed by atoms with Gasteiger partial charge < -0.3 is 10.1 Å². The number of carbonyl (C=O) groups is 1. The minimum absolute atomic E-state index is 0.226. The fourth-order valence-electron chi connectivity index (χ4n) is 1.70. The van der Waals surface area contributed by atoms with Crippen molar-refractivity contribution >= 4 is 17.7 Å². The van der Waals surface area contributed by atoms with Gasteiger partial charge in [-0.15, -0.1) is 0 Å². The van der Waals surface area contributed by atoms with Crippen LogP contribution in [0.2, 0.25) is 0 Å². The molecule has 21 heavy (non-hydrogen) atoms. The van der Waals surface area contributed by atoms with E-state index in [1.807, 2.05) is 30.3 Å². The van der Waals surface area contributed by atoms with Crippen LogP contribution in [-0.4, -0.2) is 13.0 Å². The molecule has 4 nitrogen and oxygen atoms in total. The molecular formula is C17H14N2O2. The number of rotatable bonds is 4. The molecule has 0 aliphatic carbocycles. The molecule has 0 bridgehead atoms. The Labute approximate surface area is 123 Å². The van der Waals surface area contributed by atoms with Gasteiger partial charge in [0, 0.05) is 11.8 Å². The van der Waals surface area contributed by atoms with E-state index in [9.17, 15) is 4.79 Å². The molecule has 0 fully saturated rings. The molecule has 2 aromatic rings. The van der Waals surface area contributed by atoms with E-state index in [0.29, 0.717) is 11.3 Å². The Morgan fingerprint density at radius 2 is 1.81 bits per heavy atom. The maximum absolute atomic E-state index is 11.8. The smallest absolute Gasteiger partial charge is 0.248 e. The number of nitriles is 1. The number of methoxy groups -OCH3 is 1. The second-order valence-electron chi connectivity index (χ2n) is 4.28. The van der Waals surface area contributed by atoms with Crippen LogP contribution in [0.1, 0.15) is 11.1 Å². The highest BCUT2D eigenvalue weighted by Gasteiger charge is 1.98. The fraction of sp³-hybridized carbons (Fsp3) is 0.0588. The van der Waals surface area contributed by atoms with E-state index in [0.717, 1.165) is 11.3 Å². The van der Waals surface area contributed by atoms with Crippen molar-refractivity contribution in [3.63, 3.8) is 0 Å². The van der Waals surface area contributed by atoms with Crippen LogP contribution in [0.25, 0.3) is 6.08 Å². The van der Waals surface area contributed by atoms with E-state index in [1.54, 1.807) is 37.5 Å². The van der Waals surface area contributed by atoms with Crippen LogP contribution in [0.3, 0.4) is 0 Å². The van der Waals surface area contributed by atoms with E-state index in [-0.39, 0.29) is 5.91 Å². The molecule has 0 atom stereocenters. The van der Waals surface area contributed by atoms with Crippen LogP contribution in [0.5, 0.6) is 5.75 Å². The second kappa shape index (κ2) is 6.92. The molecule has 0 radical (unpaired) electrons. The zero-order valence-electron chi connectivity index (χ0n) is 11.5. The third kappa shape index (κ3) is 4.22. The van der Waals surface area contributed by atoms with Gasteiger partial charge in [0.15, 0.2) is 0 Å². The zero-order chi connectivity index (χ0) is 15.1. The van der Waals surface area contributed by atoms with Crippen molar-refractivity contribution in [1.82, 2.24) is 0 Å². The van der Waals surface area contributed by atoms with Gasteiger partial charge in [-0.05, 0) is 48.0 Å². The topological polar surface area (TPSA) is 62.1 Å². The molecule has 0 spiro atoms. The highest BCUT2D eigenvalue weighted by atomic mass is 16.5. The Hall–Kier alpha value is -3.06. The average Bonchev–Trinajstić information content (AvgIpc) is 2.54. The number of benzene rings is 2. The number of hydrogen-bond acceptors (Lipinski definition) is 3. The average molecular weight is 278 g/mol. The van der Waals surface area contributed by atoms with Crippen molar-refractivity contribution in [3.05, 3.63) is 65.7 Å². The van der Waals surface area contributed by atoms with Crippen LogP contribution in [-0.2, 0) is 4.79 Å². The predicted molar refractivity (Wildman–Crippen MR) is 81.8 cm³/mol. The lowest BCUT2D eigenvalue weighted by Gasteiger charge is -2.02. The van der Waals surface area contributed by atoms with Crippen molar-refractivity contribution < 1.29 is 9.53 Å². The number of hydrogen-bond donors (Lipinski definition) is 1. The van der Waals surface area contributed by atoms with Crippen LogP contribution < -0.4 is 10.1 Å². The molecule has 104 valence electrons. The van der Waals surface area contributed by atoms with Gasteiger partial charge in [0.2, 0.25) is 5.91 Å². The number of nitrogens with one attached hydrogen (secondary N) is 1. The molecule has 2 rings (SSSR count). The normalized spacial score (nSPS) is 10.1. The van der Waals surface area contributed by atoms with E-state index < -0.39 is 0 Å². The Kier molecular flexibility index (Phi) is 4.73. The molecule has 2 aromatic carbocycles. The summed E-state index contributed by atoms with van der Waals surface area (Å²) in [4.78, 5) is 11.8. The van der Waals surface area contributed by atoms with Gasteiger partial charge in [0.1, 0.15) is 5.75 Å². The summed E-state index contributed by atoms with van der Waals surface area (Å²) in [5.74, 6) is 0.546. The molecule has 0 heterocycles. The zero-order valence-corrected chi connectivity index (χ0v) is 11.5. The van der Waals surface area contributed by atoms with Crippen LogP contribution in [0.4, 0.5) is 5.69 Å². The second-order valence-corrected chi connectivity index (χ2v) is 4.28. The van der Waals surface area contributed by atoms with Gasteiger partial charge >= 0.3 is 0 Å². The first-order chi connectivity index (χ1) is 10.2. The van der Waals surface area contributed by atoms with Gasteiger partial charge in [-0.3, -0.25) is 4.79 Å². The summed E-state index contributed by atoms with van der Waals surface area (Å²) >= 11 is 0. The largest absolute Gasteiger partial charge is 0.497 e. The van der Waals surface area contributed by atoms with E-state index in [1.165, 1.54) is 6.08 Å². The van der Waals surface area contributed by atoms with Crippen molar-refractivity contribution in [2.75, 3.05) is 12.4 Å². The minimum atomic E-state index is -0.226. The quantitative estimate of drug-likeness (QED) is 0.873. The van der Waals surface area contributed by atoms with Gasteiger partial charge in [0.25, 0.3) is 0 Å². The Balaban J connectivity index is 1.96. The van der Waals surface area contributed by atoms with Crippen LogP contribution >= 0.6 is 0 Å². The monoisotopic (exact) mass is 278 g/mol. The summed E-state index contributed by atoms with van der Waals surface area (Å²) in [6.45, 7) is 0. The van der Waals surface area contributed by atoms with E-state index in [2.05, 4.69) is 5.32 Å². The van der Waals surface area contributed by atoms with E-state index >= 15 is 0 Å². The minimum Gasteiger partial charge on any atom is -0.497 e. The molecular weight excluding hydrogens is 264 g/mol. The number of amides is 1. The molecule has 4 heteroatoms.